The third kappa shape index (κ3) is 64.8. The van der Waals surface area contributed by atoms with Crippen LogP contribution < -0.4 is 0 Å². The minimum absolute atomic E-state index is 0.0877. The third-order valence-corrected chi connectivity index (χ3v) is 14.3. The molecule has 79 heavy (non-hydrogen) atoms. The van der Waals surface area contributed by atoms with Crippen molar-refractivity contribution >= 4 is 17.9 Å². The molecule has 0 heterocycles. The van der Waals surface area contributed by atoms with Gasteiger partial charge in [-0.2, -0.15) is 0 Å². The summed E-state index contributed by atoms with van der Waals surface area (Å²) in [6.07, 6.45) is 91.6. The minimum atomic E-state index is -0.789. The summed E-state index contributed by atoms with van der Waals surface area (Å²) in [6.45, 7) is 6.44. The van der Waals surface area contributed by atoms with Crippen LogP contribution in [0.1, 0.15) is 316 Å². The Hall–Kier alpha value is -3.93. The van der Waals surface area contributed by atoms with Gasteiger partial charge in [-0.3, -0.25) is 14.4 Å². The van der Waals surface area contributed by atoms with E-state index >= 15 is 0 Å². The van der Waals surface area contributed by atoms with Gasteiger partial charge >= 0.3 is 17.9 Å². The second-order valence-corrected chi connectivity index (χ2v) is 22.0. The maximum absolute atomic E-state index is 12.8. The molecular formula is C73H124O6. The molecule has 1 unspecified atom stereocenters. The van der Waals surface area contributed by atoms with Crippen molar-refractivity contribution in [3.8, 4) is 0 Å². The van der Waals surface area contributed by atoms with E-state index in [1.165, 1.54) is 148 Å². The highest BCUT2D eigenvalue weighted by Crippen LogP contribution is 2.17. The van der Waals surface area contributed by atoms with E-state index in [-0.39, 0.29) is 31.1 Å². The molecule has 452 valence electrons. The quantitative estimate of drug-likeness (QED) is 0.0261. The molecule has 0 aromatic rings. The van der Waals surface area contributed by atoms with Crippen molar-refractivity contribution in [1.29, 1.82) is 0 Å². The van der Waals surface area contributed by atoms with Crippen molar-refractivity contribution in [1.82, 2.24) is 0 Å². The Morgan fingerprint density at radius 1 is 0.266 bits per heavy atom. The molecule has 0 aliphatic carbocycles. The van der Waals surface area contributed by atoms with Gasteiger partial charge in [0.1, 0.15) is 13.2 Å². The number of ether oxygens (including phenoxy) is 3. The van der Waals surface area contributed by atoms with Gasteiger partial charge in [-0.05, 0) is 89.9 Å². The molecule has 0 saturated carbocycles. The highest BCUT2D eigenvalue weighted by molar-refractivity contribution is 5.71. The van der Waals surface area contributed by atoms with Crippen LogP contribution in [0.2, 0.25) is 0 Å². The van der Waals surface area contributed by atoms with Gasteiger partial charge in [0.05, 0.1) is 0 Å². The lowest BCUT2D eigenvalue weighted by molar-refractivity contribution is -0.167. The SMILES string of the molecule is CC/C=C\C/C=C\C/C=C\C/C=C\C/C=C\C/C=C\C/C=C\C/C=C\C/C=C\CCCCCC(=O)OCC(COC(=O)CCCCCCC)OC(=O)CCCCCCCCCCCCCCCCCCCCCCCCCCC. The second-order valence-electron chi connectivity index (χ2n) is 22.0. The second kappa shape index (κ2) is 66.6. The highest BCUT2D eigenvalue weighted by atomic mass is 16.6. The Labute approximate surface area is 489 Å². The zero-order valence-corrected chi connectivity index (χ0v) is 51.9. The lowest BCUT2D eigenvalue weighted by atomic mass is 10.0. The van der Waals surface area contributed by atoms with Crippen molar-refractivity contribution in [2.75, 3.05) is 13.2 Å². The number of esters is 3. The van der Waals surface area contributed by atoms with Crippen molar-refractivity contribution in [2.24, 2.45) is 0 Å². The van der Waals surface area contributed by atoms with Crippen LogP contribution in [0.3, 0.4) is 0 Å². The summed E-state index contributed by atoms with van der Waals surface area (Å²) >= 11 is 0. The van der Waals surface area contributed by atoms with Crippen LogP contribution in [0, 0.1) is 0 Å². The van der Waals surface area contributed by atoms with Gasteiger partial charge in [-0.25, -0.2) is 0 Å². The predicted molar refractivity (Wildman–Crippen MR) is 343 cm³/mol. The van der Waals surface area contributed by atoms with Gasteiger partial charge < -0.3 is 14.2 Å². The van der Waals surface area contributed by atoms with Gasteiger partial charge in [0.15, 0.2) is 6.10 Å². The van der Waals surface area contributed by atoms with E-state index in [1.54, 1.807) is 0 Å². The molecule has 0 N–H and O–H groups in total. The van der Waals surface area contributed by atoms with Gasteiger partial charge in [0.2, 0.25) is 0 Å². The Bertz CT molecular complexity index is 1590. The number of hydrogen-bond acceptors (Lipinski definition) is 6. The van der Waals surface area contributed by atoms with Crippen LogP contribution in [-0.2, 0) is 28.6 Å². The number of hydrogen-bond donors (Lipinski definition) is 0. The summed E-state index contributed by atoms with van der Waals surface area (Å²) in [5.41, 5.74) is 0. The fourth-order valence-corrected chi connectivity index (χ4v) is 9.32. The van der Waals surface area contributed by atoms with Crippen molar-refractivity contribution < 1.29 is 28.6 Å². The average molecular weight is 1100 g/mol. The number of allylic oxidation sites excluding steroid dienone is 18. The molecule has 0 radical (unpaired) electrons. The number of unbranched alkanes of at least 4 members (excludes halogenated alkanes) is 31. The van der Waals surface area contributed by atoms with E-state index in [0.717, 1.165) is 128 Å². The number of carbonyl (C=O) groups excluding carboxylic acids is 3. The number of carbonyl (C=O) groups is 3. The normalized spacial score (nSPS) is 12.8. The zero-order chi connectivity index (χ0) is 57.1. The Morgan fingerprint density at radius 2 is 0.494 bits per heavy atom. The minimum Gasteiger partial charge on any atom is -0.462 e. The maximum atomic E-state index is 12.8. The molecule has 0 aromatic carbocycles. The van der Waals surface area contributed by atoms with Crippen LogP contribution in [0.15, 0.2) is 109 Å². The van der Waals surface area contributed by atoms with E-state index in [9.17, 15) is 14.4 Å². The van der Waals surface area contributed by atoms with Gasteiger partial charge in [-0.15, -0.1) is 0 Å². The van der Waals surface area contributed by atoms with Crippen molar-refractivity contribution in [3.05, 3.63) is 109 Å². The van der Waals surface area contributed by atoms with Crippen LogP contribution in [-0.4, -0.2) is 37.2 Å². The molecule has 0 amide bonds. The Balaban J connectivity index is 4.10. The molecular weight excluding hydrogens is 973 g/mol. The lowest BCUT2D eigenvalue weighted by Gasteiger charge is -2.18. The average Bonchev–Trinajstić information content (AvgIpc) is 3.45. The number of rotatable bonds is 60. The van der Waals surface area contributed by atoms with Crippen LogP contribution in [0.25, 0.3) is 0 Å². The molecule has 0 fully saturated rings. The maximum Gasteiger partial charge on any atom is 0.306 e. The lowest BCUT2D eigenvalue weighted by Crippen LogP contribution is -2.30. The summed E-state index contributed by atoms with van der Waals surface area (Å²) in [7, 11) is 0. The molecule has 0 bridgehead atoms. The van der Waals surface area contributed by atoms with E-state index in [1.807, 2.05) is 0 Å². The molecule has 0 aliphatic rings. The van der Waals surface area contributed by atoms with E-state index in [4.69, 9.17) is 14.2 Å². The zero-order valence-electron chi connectivity index (χ0n) is 51.9. The first-order chi connectivity index (χ1) is 39.0. The highest BCUT2D eigenvalue weighted by Gasteiger charge is 2.19. The first-order valence-electron chi connectivity index (χ1n) is 33.4. The van der Waals surface area contributed by atoms with E-state index in [0.29, 0.717) is 19.3 Å². The molecule has 0 aromatic heterocycles. The van der Waals surface area contributed by atoms with Crippen molar-refractivity contribution in [2.45, 2.75) is 322 Å². The van der Waals surface area contributed by atoms with Gasteiger partial charge in [0, 0.05) is 19.3 Å². The fraction of sp³-hybridized carbons (Fsp3) is 0.712. The predicted octanol–water partition coefficient (Wildman–Crippen LogP) is 23.0. The smallest absolute Gasteiger partial charge is 0.306 e. The van der Waals surface area contributed by atoms with Crippen LogP contribution in [0.4, 0.5) is 0 Å². The van der Waals surface area contributed by atoms with Gasteiger partial charge in [-0.1, -0.05) is 316 Å². The van der Waals surface area contributed by atoms with Crippen molar-refractivity contribution in [3.63, 3.8) is 0 Å². The topological polar surface area (TPSA) is 78.9 Å². The van der Waals surface area contributed by atoms with Crippen LogP contribution in [0.5, 0.6) is 0 Å². The van der Waals surface area contributed by atoms with Gasteiger partial charge in [0.25, 0.3) is 0 Å². The first-order valence-corrected chi connectivity index (χ1v) is 33.4. The molecule has 0 saturated heterocycles. The summed E-state index contributed by atoms with van der Waals surface area (Å²) in [5, 5.41) is 0. The molecule has 6 heteroatoms. The Kier molecular flexibility index (Phi) is 63.3. The summed E-state index contributed by atoms with van der Waals surface area (Å²) in [4.78, 5) is 38.0. The molecule has 0 aliphatic heterocycles. The largest absolute Gasteiger partial charge is 0.462 e. The van der Waals surface area contributed by atoms with E-state index < -0.39 is 6.10 Å². The molecule has 1 atom stereocenters. The molecule has 0 rings (SSSR count). The molecule has 6 nitrogen and oxygen atoms in total. The first kappa shape index (κ1) is 75.1. The van der Waals surface area contributed by atoms with E-state index in [2.05, 4.69) is 130 Å². The fourth-order valence-electron chi connectivity index (χ4n) is 9.32. The third-order valence-electron chi connectivity index (χ3n) is 14.3. The summed E-state index contributed by atoms with van der Waals surface area (Å²) in [5.74, 6) is -0.927. The van der Waals surface area contributed by atoms with Crippen LogP contribution >= 0.6 is 0 Å². The molecule has 0 spiro atoms. The summed E-state index contributed by atoms with van der Waals surface area (Å²) < 4.78 is 16.8. The monoisotopic (exact) mass is 1100 g/mol. The summed E-state index contributed by atoms with van der Waals surface area (Å²) in [6, 6.07) is 0. The Morgan fingerprint density at radius 3 is 0.772 bits per heavy atom. The standard InChI is InChI=1S/C73H124O6/c1-4-7-10-13-15-17-19-21-23-25-27-29-31-33-34-35-36-37-38-40-41-43-45-47-49-51-53-55-57-60-63-66-72(75)78-69-70(68-77-71(74)65-62-59-12-9-6-3)79-73(76)67-64-61-58-56-54-52-50-48-46-44-42-39-32-30-28-26-24-22-20-18-16-14-11-8-5-2/h7,10,15,17,21,23,27,29,33-34,36-37,40-41,45,47,51,53,70H,4-6,8-9,11-14,16,18-20,22,24-26,28,30-32,35,38-39,42-44,46,48-50,52,54-69H2,1-3H3/b10-7-,17-15-,23-21-,29-27-,34-33-,37-36-,41-40-,47-45-,53-51-.